The fourth-order valence-electron chi connectivity index (χ4n) is 2.72. The van der Waals surface area contributed by atoms with Crippen LogP contribution < -0.4 is 0 Å². The van der Waals surface area contributed by atoms with Crippen LogP contribution in [0.25, 0.3) is 0 Å². The van der Waals surface area contributed by atoms with E-state index in [-0.39, 0.29) is 6.10 Å². The van der Waals surface area contributed by atoms with Gasteiger partial charge in [-0.3, -0.25) is 0 Å². The molecule has 2 aromatic rings. The van der Waals surface area contributed by atoms with E-state index in [9.17, 15) is 0 Å². The Balaban J connectivity index is 2.01. The average Bonchev–Trinajstić information content (AvgIpc) is 3.00. The maximum Gasteiger partial charge on any atom is 0.215 e. The minimum Gasteiger partial charge on any atom is -0.342 e. The third kappa shape index (κ3) is 2.34. The van der Waals surface area contributed by atoms with Gasteiger partial charge < -0.3 is 9.47 Å². The molecule has 0 amide bonds. The first kappa shape index (κ1) is 13.3. The quantitative estimate of drug-likeness (QED) is 0.860. The van der Waals surface area contributed by atoms with Crippen LogP contribution in [-0.2, 0) is 21.8 Å². The van der Waals surface area contributed by atoms with E-state index < -0.39 is 5.79 Å². The fourth-order valence-corrected chi connectivity index (χ4v) is 2.72. The predicted molar refractivity (Wildman–Crippen MR) is 74.1 cm³/mol. The van der Waals surface area contributed by atoms with Crippen molar-refractivity contribution in [2.45, 2.75) is 39.2 Å². The van der Waals surface area contributed by atoms with Crippen molar-refractivity contribution in [2.24, 2.45) is 0 Å². The van der Waals surface area contributed by atoms with E-state index in [1.807, 2.05) is 6.92 Å². The number of nitrogens with zero attached hydrogens (tertiary/aromatic N) is 3. The van der Waals surface area contributed by atoms with E-state index in [1.165, 1.54) is 17.5 Å². The average molecular weight is 273 g/mol. The molecular formula is C15H19N3O2. The highest BCUT2D eigenvalue weighted by molar-refractivity contribution is 5.34. The van der Waals surface area contributed by atoms with Crippen LogP contribution in [-0.4, -0.2) is 27.5 Å². The molecule has 3 rings (SSSR count). The van der Waals surface area contributed by atoms with Gasteiger partial charge in [-0.2, -0.15) is 5.10 Å². The number of benzene rings is 1. The molecule has 1 aromatic heterocycles. The van der Waals surface area contributed by atoms with Crippen LogP contribution in [0.1, 0.15) is 23.6 Å². The zero-order valence-corrected chi connectivity index (χ0v) is 12.0. The second kappa shape index (κ2) is 5.00. The molecule has 0 radical (unpaired) electrons. The lowest BCUT2D eigenvalue weighted by molar-refractivity contribution is -0.187. The summed E-state index contributed by atoms with van der Waals surface area (Å²) >= 11 is 0. The maximum absolute atomic E-state index is 6.12. The van der Waals surface area contributed by atoms with Crippen LogP contribution >= 0.6 is 0 Å². The zero-order valence-electron chi connectivity index (χ0n) is 12.0. The Hall–Kier alpha value is -1.72. The number of rotatable bonds is 3. The highest BCUT2D eigenvalue weighted by Crippen LogP contribution is 2.37. The molecule has 106 valence electrons. The molecule has 0 bridgehead atoms. The van der Waals surface area contributed by atoms with E-state index in [0.29, 0.717) is 13.2 Å². The third-order valence-electron chi connectivity index (χ3n) is 3.57. The molecule has 2 unspecified atom stereocenters. The summed E-state index contributed by atoms with van der Waals surface area (Å²) in [4.78, 5) is 3.99. The number of hydrogen-bond donors (Lipinski definition) is 0. The molecule has 1 aliphatic rings. The number of hydrogen-bond acceptors (Lipinski definition) is 4. The van der Waals surface area contributed by atoms with E-state index in [0.717, 1.165) is 5.56 Å². The second-order valence-corrected chi connectivity index (χ2v) is 5.40. The molecular weight excluding hydrogens is 254 g/mol. The Morgan fingerprint density at radius 1 is 1.40 bits per heavy atom. The van der Waals surface area contributed by atoms with Crippen LogP contribution in [0.15, 0.2) is 30.9 Å². The summed E-state index contributed by atoms with van der Waals surface area (Å²) in [5.74, 6) is -0.773. The normalized spacial score (nSPS) is 26.1. The van der Waals surface area contributed by atoms with Gasteiger partial charge in [0.05, 0.1) is 12.7 Å². The minimum absolute atomic E-state index is 0.0687. The molecule has 0 N–H and O–H groups in total. The monoisotopic (exact) mass is 273 g/mol. The molecule has 2 heterocycles. The van der Waals surface area contributed by atoms with E-state index >= 15 is 0 Å². The molecule has 1 aliphatic heterocycles. The van der Waals surface area contributed by atoms with E-state index in [2.05, 4.69) is 42.1 Å². The van der Waals surface area contributed by atoms with Crippen molar-refractivity contribution in [1.82, 2.24) is 14.8 Å². The molecule has 2 atom stereocenters. The molecule has 1 fully saturated rings. The van der Waals surface area contributed by atoms with Crippen LogP contribution in [0, 0.1) is 13.8 Å². The third-order valence-corrected chi connectivity index (χ3v) is 3.57. The van der Waals surface area contributed by atoms with Crippen LogP contribution in [0.2, 0.25) is 0 Å². The van der Waals surface area contributed by atoms with Gasteiger partial charge in [-0.25, -0.2) is 9.67 Å². The van der Waals surface area contributed by atoms with Gasteiger partial charge in [-0.05, 0) is 26.3 Å². The zero-order chi connectivity index (χ0) is 14.2. The first-order chi connectivity index (χ1) is 9.59. The smallest absolute Gasteiger partial charge is 0.215 e. The lowest BCUT2D eigenvalue weighted by Crippen LogP contribution is -2.34. The summed E-state index contributed by atoms with van der Waals surface area (Å²) in [6, 6.07) is 6.31. The van der Waals surface area contributed by atoms with Gasteiger partial charge in [0.15, 0.2) is 0 Å². The summed E-state index contributed by atoms with van der Waals surface area (Å²) in [6.07, 6.45) is 3.27. The molecule has 1 aromatic carbocycles. The van der Waals surface area contributed by atoms with Crippen molar-refractivity contribution >= 4 is 0 Å². The summed E-state index contributed by atoms with van der Waals surface area (Å²) in [5.41, 5.74) is 3.45. The molecule has 0 aliphatic carbocycles. The molecule has 5 heteroatoms. The standard InChI is InChI=1S/C15H19N3O2/c1-11-4-5-14(12(2)6-11)15(19-7-13(3)20-15)8-18-10-16-9-17-18/h4-6,9-10,13H,7-8H2,1-3H3. The van der Waals surface area contributed by atoms with Gasteiger partial charge in [0.2, 0.25) is 5.79 Å². The Labute approximate surface area is 118 Å². The van der Waals surface area contributed by atoms with E-state index in [1.54, 1.807) is 11.0 Å². The fraction of sp³-hybridized carbons (Fsp3) is 0.467. The summed E-state index contributed by atoms with van der Waals surface area (Å²) in [6.45, 7) is 7.27. The van der Waals surface area contributed by atoms with E-state index in [4.69, 9.17) is 9.47 Å². The molecule has 1 saturated heterocycles. The Bertz CT molecular complexity index is 597. The van der Waals surface area contributed by atoms with Gasteiger partial charge in [0.25, 0.3) is 0 Å². The Morgan fingerprint density at radius 2 is 2.25 bits per heavy atom. The molecule has 0 saturated carbocycles. The predicted octanol–water partition coefficient (Wildman–Crippen LogP) is 2.18. The largest absolute Gasteiger partial charge is 0.342 e. The number of ether oxygens (including phenoxy) is 2. The van der Waals surface area contributed by atoms with Crippen molar-refractivity contribution in [3.63, 3.8) is 0 Å². The molecule has 5 nitrogen and oxygen atoms in total. The van der Waals surface area contributed by atoms with Crippen LogP contribution in [0.4, 0.5) is 0 Å². The SMILES string of the molecule is Cc1ccc(C2(Cn3cncn3)OCC(C)O2)c(C)c1. The highest BCUT2D eigenvalue weighted by atomic mass is 16.7. The van der Waals surface area contributed by atoms with Crippen LogP contribution in [0.5, 0.6) is 0 Å². The van der Waals surface area contributed by atoms with Gasteiger partial charge in [0.1, 0.15) is 19.2 Å². The number of aryl methyl sites for hydroxylation is 2. The summed E-state index contributed by atoms with van der Waals surface area (Å²) < 4.78 is 13.9. The van der Waals surface area contributed by atoms with Crippen LogP contribution in [0.3, 0.4) is 0 Å². The number of aromatic nitrogens is 3. The minimum atomic E-state index is -0.773. The van der Waals surface area contributed by atoms with Gasteiger partial charge in [-0.15, -0.1) is 0 Å². The topological polar surface area (TPSA) is 49.2 Å². The van der Waals surface area contributed by atoms with Crippen molar-refractivity contribution < 1.29 is 9.47 Å². The Morgan fingerprint density at radius 3 is 2.85 bits per heavy atom. The van der Waals surface area contributed by atoms with Crippen molar-refractivity contribution in [1.29, 1.82) is 0 Å². The van der Waals surface area contributed by atoms with Gasteiger partial charge in [-0.1, -0.05) is 23.8 Å². The summed E-state index contributed by atoms with van der Waals surface area (Å²) in [7, 11) is 0. The lowest BCUT2D eigenvalue weighted by atomic mass is 9.98. The second-order valence-electron chi connectivity index (χ2n) is 5.40. The Kier molecular flexibility index (Phi) is 3.31. The lowest BCUT2D eigenvalue weighted by Gasteiger charge is -2.29. The highest BCUT2D eigenvalue weighted by Gasteiger charge is 2.43. The van der Waals surface area contributed by atoms with Crippen molar-refractivity contribution in [3.05, 3.63) is 47.5 Å². The molecule has 0 spiro atoms. The summed E-state index contributed by atoms with van der Waals surface area (Å²) in [5, 5.41) is 4.17. The first-order valence-corrected chi connectivity index (χ1v) is 6.81. The van der Waals surface area contributed by atoms with Gasteiger partial charge in [0, 0.05) is 5.56 Å². The molecule has 20 heavy (non-hydrogen) atoms. The van der Waals surface area contributed by atoms with Crippen molar-refractivity contribution in [3.8, 4) is 0 Å². The maximum atomic E-state index is 6.12. The first-order valence-electron chi connectivity index (χ1n) is 6.81. The van der Waals surface area contributed by atoms with Gasteiger partial charge >= 0.3 is 0 Å². The van der Waals surface area contributed by atoms with Crippen molar-refractivity contribution in [2.75, 3.05) is 6.61 Å².